The lowest BCUT2D eigenvalue weighted by Gasteiger charge is -2.13. The molecule has 2 N–H and O–H groups in total. The van der Waals surface area contributed by atoms with Gasteiger partial charge in [-0.25, -0.2) is 9.36 Å². The topological polar surface area (TPSA) is 93.3 Å². The molecule has 0 saturated carbocycles. The molecule has 0 bridgehead atoms. The van der Waals surface area contributed by atoms with E-state index in [0.29, 0.717) is 11.5 Å². The van der Waals surface area contributed by atoms with Gasteiger partial charge in [-0.15, -0.1) is 0 Å². The first-order valence-electron chi connectivity index (χ1n) is 8.29. The predicted octanol–water partition coefficient (Wildman–Crippen LogP) is 0.964. The third-order valence-electron chi connectivity index (χ3n) is 5.29. The molecule has 3 rings (SSSR count). The zero-order valence-corrected chi connectivity index (χ0v) is 15.5. The summed E-state index contributed by atoms with van der Waals surface area (Å²) in [6, 6.07) is 5.44. The van der Waals surface area contributed by atoms with Gasteiger partial charge < -0.3 is 10.3 Å². The van der Waals surface area contributed by atoms with Gasteiger partial charge in [0.25, 0.3) is 0 Å². The number of aliphatic carboxylic acids is 1. The van der Waals surface area contributed by atoms with Crippen molar-refractivity contribution in [3.05, 3.63) is 51.5 Å². The molecule has 0 aliphatic rings. The lowest BCUT2D eigenvalue weighted by Crippen LogP contribution is -2.37. The Hall–Kier alpha value is -3.03. The van der Waals surface area contributed by atoms with E-state index < -0.39 is 11.9 Å². The Balaban J connectivity index is 2.26. The second-order valence-corrected chi connectivity index (χ2v) is 6.70. The molecule has 0 amide bonds. The van der Waals surface area contributed by atoms with Gasteiger partial charge in [-0.3, -0.25) is 13.9 Å². The lowest BCUT2D eigenvalue weighted by molar-refractivity contribution is -0.686. The highest BCUT2D eigenvalue weighted by Gasteiger charge is 2.34. The van der Waals surface area contributed by atoms with Crippen LogP contribution in [0.15, 0.2) is 23.0 Å². The molecule has 0 fully saturated rings. The van der Waals surface area contributed by atoms with Gasteiger partial charge in [0.2, 0.25) is 0 Å². The number of rotatable bonds is 4. The largest absolute Gasteiger partial charge is 0.481 e. The van der Waals surface area contributed by atoms with Crippen LogP contribution in [0.3, 0.4) is 0 Å². The van der Waals surface area contributed by atoms with Crippen LogP contribution >= 0.6 is 0 Å². The molecule has 0 saturated heterocycles. The SMILES string of the molecule is Cc1c(C)[n+](C)c(C(CC(=O)O)c2ccc3c(c2)n(C)c(=O)n3C)n1O. The van der Waals surface area contributed by atoms with E-state index in [1.807, 2.05) is 25.1 Å². The first kappa shape index (κ1) is 17.8. The summed E-state index contributed by atoms with van der Waals surface area (Å²) in [5, 5.41) is 19.9. The smallest absolute Gasteiger partial charge is 0.328 e. The highest BCUT2D eigenvalue weighted by atomic mass is 16.5. The number of carboxylic acid groups (broad SMARTS) is 1. The Morgan fingerprint density at radius 2 is 1.81 bits per heavy atom. The van der Waals surface area contributed by atoms with E-state index >= 15 is 0 Å². The van der Waals surface area contributed by atoms with Crippen molar-refractivity contribution in [2.75, 3.05) is 0 Å². The minimum absolute atomic E-state index is 0.144. The van der Waals surface area contributed by atoms with Crippen LogP contribution in [0.1, 0.15) is 35.1 Å². The number of aromatic nitrogens is 4. The molecular formula is C18H23N4O4+. The third-order valence-corrected chi connectivity index (χ3v) is 5.29. The lowest BCUT2D eigenvalue weighted by atomic mass is 9.94. The number of hydrogen-bond donors (Lipinski definition) is 2. The van der Waals surface area contributed by atoms with E-state index in [0.717, 1.165) is 27.0 Å². The van der Waals surface area contributed by atoms with Gasteiger partial charge in [-0.2, -0.15) is 0 Å². The van der Waals surface area contributed by atoms with Gasteiger partial charge in [0.05, 0.1) is 30.4 Å². The molecule has 8 heteroatoms. The molecule has 2 aromatic heterocycles. The number of fused-ring (bicyclic) bond motifs is 1. The number of benzene rings is 1. The molecule has 26 heavy (non-hydrogen) atoms. The molecule has 3 aromatic rings. The quantitative estimate of drug-likeness (QED) is 0.536. The minimum Gasteiger partial charge on any atom is -0.481 e. The van der Waals surface area contributed by atoms with E-state index in [2.05, 4.69) is 0 Å². The molecule has 0 aliphatic heterocycles. The molecule has 1 aromatic carbocycles. The van der Waals surface area contributed by atoms with E-state index in [4.69, 9.17) is 0 Å². The number of carbonyl (C=O) groups is 1. The zero-order chi connectivity index (χ0) is 19.3. The van der Waals surface area contributed by atoms with Crippen molar-refractivity contribution < 1.29 is 19.7 Å². The Morgan fingerprint density at radius 3 is 2.35 bits per heavy atom. The molecule has 2 heterocycles. The van der Waals surface area contributed by atoms with Crippen LogP contribution in [0.4, 0.5) is 0 Å². The van der Waals surface area contributed by atoms with E-state index in [1.54, 1.807) is 37.2 Å². The Labute approximate surface area is 150 Å². The minimum atomic E-state index is -0.964. The Kier molecular flexibility index (Phi) is 4.14. The summed E-state index contributed by atoms with van der Waals surface area (Å²) in [4.78, 5) is 23.7. The van der Waals surface area contributed by atoms with E-state index in [1.165, 1.54) is 4.57 Å². The molecule has 0 aliphatic carbocycles. The summed E-state index contributed by atoms with van der Waals surface area (Å²) in [6.07, 6.45) is -0.177. The second kappa shape index (κ2) is 6.05. The van der Waals surface area contributed by atoms with Crippen LogP contribution in [0.5, 0.6) is 0 Å². The fourth-order valence-corrected chi connectivity index (χ4v) is 3.54. The van der Waals surface area contributed by atoms with Gasteiger partial charge in [-0.1, -0.05) is 6.07 Å². The summed E-state index contributed by atoms with van der Waals surface area (Å²) in [5.41, 5.74) is 3.58. The summed E-state index contributed by atoms with van der Waals surface area (Å²) in [6.45, 7) is 3.65. The maximum absolute atomic E-state index is 12.2. The number of aryl methyl sites for hydroxylation is 2. The van der Waals surface area contributed by atoms with Crippen LogP contribution in [0.2, 0.25) is 0 Å². The van der Waals surface area contributed by atoms with Gasteiger partial charge in [0.1, 0.15) is 5.69 Å². The van der Waals surface area contributed by atoms with Crippen LogP contribution in [0, 0.1) is 13.8 Å². The maximum atomic E-state index is 12.2. The van der Waals surface area contributed by atoms with Crippen molar-refractivity contribution in [1.82, 2.24) is 13.9 Å². The third kappa shape index (κ3) is 2.49. The number of nitrogens with zero attached hydrogens (tertiary/aromatic N) is 4. The number of hydrogen-bond acceptors (Lipinski definition) is 3. The fraction of sp³-hybridized carbons (Fsp3) is 0.389. The molecule has 0 spiro atoms. The maximum Gasteiger partial charge on any atom is 0.328 e. The van der Waals surface area contributed by atoms with Gasteiger partial charge in [0.15, 0.2) is 5.69 Å². The highest BCUT2D eigenvalue weighted by molar-refractivity contribution is 5.77. The molecular weight excluding hydrogens is 336 g/mol. The first-order valence-corrected chi connectivity index (χ1v) is 8.29. The molecule has 8 nitrogen and oxygen atoms in total. The second-order valence-electron chi connectivity index (χ2n) is 6.70. The van der Waals surface area contributed by atoms with E-state index in [9.17, 15) is 19.9 Å². The van der Waals surface area contributed by atoms with Crippen LogP contribution in [0.25, 0.3) is 11.0 Å². The first-order chi connectivity index (χ1) is 12.1. The average Bonchev–Trinajstić information content (AvgIpc) is 2.93. The summed E-state index contributed by atoms with van der Waals surface area (Å²) in [7, 11) is 5.18. The average molecular weight is 359 g/mol. The van der Waals surface area contributed by atoms with Gasteiger partial charge in [0, 0.05) is 27.9 Å². The number of carboxylic acids is 1. The van der Waals surface area contributed by atoms with Crippen molar-refractivity contribution in [2.45, 2.75) is 26.2 Å². The zero-order valence-electron chi connectivity index (χ0n) is 15.5. The van der Waals surface area contributed by atoms with Crippen molar-refractivity contribution in [2.24, 2.45) is 21.1 Å². The predicted molar refractivity (Wildman–Crippen MR) is 94.5 cm³/mol. The van der Waals surface area contributed by atoms with Crippen molar-refractivity contribution in [3.8, 4) is 0 Å². The molecule has 0 radical (unpaired) electrons. The van der Waals surface area contributed by atoms with Crippen LogP contribution < -0.4 is 10.3 Å². The highest BCUT2D eigenvalue weighted by Crippen LogP contribution is 2.29. The Bertz CT molecular complexity index is 1060. The Morgan fingerprint density at radius 1 is 1.19 bits per heavy atom. The van der Waals surface area contributed by atoms with Gasteiger partial charge in [-0.05, 0) is 22.4 Å². The molecule has 1 atom stereocenters. The summed E-state index contributed by atoms with van der Waals surface area (Å²) in [5.74, 6) is -1.04. The van der Waals surface area contributed by atoms with Crippen molar-refractivity contribution in [1.29, 1.82) is 0 Å². The van der Waals surface area contributed by atoms with Gasteiger partial charge >= 0.3 is 17.5 Å². The van der Waals surface area contributed by atoms with Crippen molar-refractivity contribution >= 4 is 17.0 Å². The van der Waals surface area contributed by atoms with Crippen molar-refractivity contribution in [3.63, 3.8) is 0 Å². The standard InChI is InChI=1S/C18H22N4O4/c1-10-11(2)22(26)17(19(10)3)13(9-16(23)24)12-6-7-14-15(8-12)21(5)18(25)20(14)4/h6-8,13H,9H2,1-5H3,(H-,23,24,26)/p+1. The summed E-state index contributed by atoms with van der Waals surface area (Å²) >= 11 is 0. The fourth-order valence-electron chi connectivity index (χ4n) is 3.54. The summed E-state index contributed by atoms with van der Waals surface area (Å²) < 4.78 is 5.94. The van der Waals surface area contributed by atoms with Crippen LogP contribution in [-0.2, 0) is 25.9 Å². The van der Waals surface area contributed by atoms with E-state index in [-0.39, 0.29) is 12.1 Å². The number of imidazole rings is 2. The molecule has 1 unspecified atom stereocenters. The van der Waals surface area contributed by atoms with Crippen LogP contribution in [-0.4, -0.2) is 30.1 Å². The molecule has 138 valence electrons. The normalized spacial score (nSPS) is 12.7. The monoisotopic (exact) mass is 359 g/mol.